The van der Waals surface area contributed by atoms with Gasteiger partial charge in [-0.15, -0.1) is 0 Å². The van der Waals surface area contributed by atoms with Crippen LogP contribution in [-0.2, 0) is 5.54 Å². The van der Waals surface area contributed by atoms with Gasteiger partial charge in [-0.1, -0.05) is 12.1 Å². The van der Waals surface area contributed by atoms with Crippen molar-refractivity contribution in [1.29, 1.82) is 0 Å². The molecule has 1 N–H and O–H groups in total. The van der Waals surface area contributed by atoms with E-state index in [9.17, 15) is 0 Å². The summed E-state index contributed by atoms with van der Waals surface area (Å²) in [4.78, 5) is 2.39. The van der Waals surface area contributed by atoms with E-state index in [1.54, 1.807) is 0 Å². The highest BCUT2D eigenvalue weighted by Gasteiger charge is 2.33. The summed E-state index contributed by atoms with van der Waals surface area (Å²) in [6.07, 6.45) is 2.32. The molecule has 1 aromatic rings. The number of nitrogens with zero attached hydrogens (tertiary/aromatic N) is 1. The Bertz CT molecular complexity index is 367. The number of rotatable bonds is 4. The van der Waals surface area contributed by atoms with Gasteiger partial charge in [0.1, 0.15) is 5.75 Å². The van der Waals surface area contributed by atoms with Crippen molar-refractivity contribution in [3.63, 3.8) is 0 Å². The van der Waals surface area contributed by atoms with E-state index in [4.69, 9.17) is 4.74 Å². The molecule has 3 heteroatoms. The fourth-order valence-corrected chi connectivity index (χ4v) is 2.72. The third-order valence-corrected chi connectivity index (χ3v) is 4.04. The van der Waals surface area contributed by atoms with Crippen molar-refractivity contribution in [3.8, 4) is 5.75 Å². The Morgan fingerprint density at radius 3 is 2.33 bits per heavy atom. The number of ether oxygens (including phenoxy) is 1. The first-order valence-corrected chi connectivity index (χ1v) is 6.81. The molecule has 2 rings (SSSR count). The lowest BCUT2D eigenvalue weighted by Crippen LogP contribution is -2.48. The predicted octanol–water partition coefficient (Wildman–Crippen LogP) is 2.23. The van der Waals surface area contributed by atoms with Crippen LogP contribution in [0.3, 0.4) is 0 Å². The zero-order chi connectivity index (χ0) is 13.0. The van der Waals surface area contributed by atoms with Gasteiger partial charge in [0.05, 0.1) is 6.61 Å². The summed E-state index contributed by atoms with van der Waals surface area (Å²) in [5.41, 5.74) is 1.51. The summed E-state index contributed by atoms with van der Waals surface area (Å²) in [5, 5.41) is 3.54. The van der Waals surface area contributed by atoms with E-state index in [1.165, 1.54) is 5.56 Å². The van der Waals surface area contributed by atoms with Gasteiger partial charge in [0.25, 0.3) is 0 Å². The maximum atomic E-state index is 5.50. The summed E-state index contributed by atoms with van der Waals surface area (Å²) >= 11 is 0. The van der Waals surface area contributed by atoms with Crippen LogP contribution in [0.4, 0.5) is 0 Å². The number of piperidine rings is 1. The van der Waals surface area contributed by atoms with Crippen LogP contribution in [0.25, 0.3) is 0 Å². The second-order valence-corrected chi connectivity index (χ2v) is 5.09. The van der Waals surface area contributed by atoms with E-state index in [1.807, 2.05) is 6.92 Å². The first kappa shape index (κ1) is 13.4. The highest BCUT2D eigenvalue weighted by atomic mass is 16.5. The Hall–Kier alpha value is -1.06. The minimum Gasteiger partial charge on any atom is -0.494 e. The largest absolute Gasteiger partial charge is 0.494 e. The Kier molecular flexibility index (Phi) is 4.25. The molecule has 1 aliphatic rings. The molecule has 1 aromatic carbocycles. The van der Waals surface area contributed by atoms with Crippen molar-refractivity contribution in [3.05, 3.63) is 29.8 Å². The third kappa shape index (κ3) is 2.68. The average molecular weight is 248 g/mol. The van der Waals surface area contributed by atoms with E-state index >= 15 is 0 Å². The van der Waals surface area contributed by atoms with Crippen LogP contribution in [-0.4, -0.2) is 38.7 Å². The third-order valence-electron chi connectivity index (χ3n) is 4.04. The van der Waals surface area contributed by atoms with E-state index in [2.05, 4.69) is 48.6 Å². The molecule has 1 saturated heterocycles. The highest BCUT2D eigenvalue weighted by molar-refractivity contribution is 5.32. The zero-order valence-corrected chi connectivity index (χ0v) is 11.7. The van der Waals surface area contributed by atoms with Crippen LogP contribution in [0.1, 0.15) is 25.3 Å². The monoisotopic (exact) mass is 248 g/mol. The first-order chi connectivity index (χ1) is 8.70. The molecule has 3 nitrogen and oxygen atoms in total. The van der Waals surface area contributed by atoms with Gasteiger partial charge in [-0.05, 0) is 64.6 Å². The smallest absolute Gasteiger partial charge is 0.119 e. The summed E-state index contributed by atoms with van der Waals surface area (Å²) in [7, 11) is 4.26. The minimum absolute atomic E-state index is 0.136. The molecule has 0 saturated carbocycles. The molecule has 0 spiro atoms. The van der Waals surface area contributed by atoms with E-state index in [0.29, 0.717) is 0 Å². The van der Waals surface area contributed by atoms with Gasteiger partial charge in [-0.2, -0.15) is 0 Å². The van der Waals surface area contributed by atoms with Gasteiger partial charge in [-0.25, -0.2) is 0 Å². The Balaban J connectivity index is 2.16. The van der Waals surface area contributed by atoms with Gasteiger partial charge in [0.15, 0.2) is 0 Å². The quantitative estimate of drug-likeness (QED) is 0.884. The SMILES string of the molecule is CCOc1ccc(C2(NC)CCN(C)CC2)cc1. The van der Waals surface area contributed by atoms with E-state index in [0.717, 1.165) is 38.3 Å². The maximum absolute atomic E-state index is 5.50. The standard InChI is InChI=1S/C15H24N2O/c1-4-18-14-7-5-13(6-8-14)15(16-2)9-11-17(3)12-10-15/h5-8,16H,4,9-12H2,1-3H3. The fourth-order valence-electron chi connectivity index (χ4n) is 2.72. The van der Waals surface area contributed by atoms with Crippen molar-refractivity contribution in [2.75, 3.05) is 33.8 Å². The normalized spacial score (nSPS) is 19.7. The number of hydrogen-bond donors (Lipinski definition) is 1. The van der Waals surface area contributed by atoms with Gasteiger partial charge in [0.2, 0.25) is 0 Å². The lowest BCUT2D eigenvalue weighted by atomic mass is 9.81. The highest BCUT2D eigenvalue weighted by Crippen LogP contribution is 2.33. The van der Waals surface area contributed by atoms with Crippen LogP contribution in [0.5, 0.6) is 5.75 Å². The number of likely N-dealkylation sites (tertiary alicyclic amines) is 1. The molecule has 100 valence electrons. The molecule has 18 heavy (non-hydrogen) atoms. The molecule has 0 aromatic heterocycles. The van der Waals surface area contributed by atoms with Gasteiger partial charge in [-0.3, -0.25) is 0 Å². The second kappa shape index (κ2) is 5.72. The van der Waals surface area contributed by atoms with Crippen LogP contribution >= 0.6 is 0 Å². The summed E-state index contributed by atoms with van der Waals surface area (Å²) in [5.74, 6) is 0.959. The molecule has 0 bridgehead atoms. The van der Waals surface area contributed by atoms with Gasteiger partial charge >= 0.3 is 0 Å². The molecular formula is C15H24N2O. The van der Waals surface area contributed by atoms with Gasteiger partial charge in [0, 0.05) is 5.54 Å². The predicted molar refractivity (Wildman–Crippen MR) is 75.1 cm³/mol. The fraction of sp³-hybridized carbons (Fsp3) is 0.600. The summed E-state index contributed by atoms with van der Waals surface area (Å²) in [6, 6.07) is 8.56. The van der Waals surface area contributed by atoms with Crippen LogP contribution in [0, 0.1) is 0 Å². The zero-order valence-electron chi connectivity index (χ0n) is 11.7. The topological polar surface area (TPSA) is 24.5 Å². The van der Waals surface area contributed by atoms with Crippen molar-refractivity contribution < 1.29 is 4.74 Å². The van der Waals surface area contributed by atoms with Crippen molar-refractivity contribution >= 4 is 0 Å². The summed E-state index contributed by atoms with van der Waals surface area (Å²) < 4.78 is 5.50. The Morgan fingerprint density at radius 2 is 1.83 bits per heavy atom. The van der Waals surface area contributed by atoms with Crippen LogP contribution in [0.2, 0.25) is 0 Å². The molecule has 0 unspecified atom stereocenters. The van der Waals surface area contributed by atoms with Crippen molar-refractivity contribution in [1.82, 2.24) is 10.2 Å². The Labute approximate surface area is 110 Å². The molecular weight excluding hydrogens is 224 g/mol. The Morgan fingerprint density at radius 1 is 1.22 bits per heavy atom. The summed E-state index contributed by atoms with van der Waals surface area (Å²) in [6.45, 7) is 5.03. The molecule has 1 aliphatic heterocycles. The lowest BCUT2D eigenvalue weighted by Gasteiger charge is -2.41. The molecule has 1 fully saturated rings. The molecule has 0 aliphatic carbocycles. The number of benzene rings is 1. The van der Waals surface area contributed by atoms with E-state index in [-0.39, 0.29) is 5.54 Å². The molecule has 1 heterocycles. The minimum atomic E-state index is 0.136. The molecule has 0 amide bonds. The molecule has 0 radical (unpaired) electrons. The second-order valence-electron chi connectivity index (χ2n) is 5.09. The average Bonchev–Trinajstić information content (AvgIpc) is 2.42. The lowest BCUT2D eigenvalue weighted by molar-refractivity contribution is 0.164. The number of nitrogens with one attached hydrogen (secondary N) is 1. The van der Waals surface area contributed by atoms with Gasteiger partial charge < -0.3 is 15.0 Å². The van der Waals surface area contributed by atoms with E-state index < -0.39 is 0 Å². The first-order valence-electron chi connectivity index (χ1n) is 6.81. The van der Waals surface area contributed by atoms with Crippen molar-refractivity contribution in [2.24, 2.45) is 0 Å². The van der Waals surface area contributed by atoms with Crippen molar-refractivity contribution in [2.45, 2.75) is 25.3 Å². The molecule has 0 atom stereocenters. The maximum Gasteiger partial charge on any atom is 0.119 e. The van der Waals surface area contributed by atoms with Crippen LogP contribution in [0.15, 0.2) is 24.3 Å². The number of hydrogen-bond acceptors (Lipinski definition) is 3. The van der Waals surface area contributed by atoms with Crippen LogP contribution < -0.4 is 10.1 Å².